The number of fused-ring (bicyclic) bond motifs is 1. The van der Waals surface area contributed by atoms with Crippen LogP contribution in [0, 0.1) is 0 Å². The van der Waals surface area contributed by atoms with Crippen molar-refractivity contribution in [3.05, 3.63) is 24.2 Å². The van der Waals surface area contributed by atoms with Crippen LogP contribution >= 0.6 is 23.4 Å². The summed E-state index contributed by atoms with van der Waals surface area (Å²) < 4.78 is 52.2. The minimum Gasteiger partial charge on any atom is -0.766 e. The van der Waals surface area contributed by atoms with Crippen molar-refractivity contribution in [1.29, 1.82) is 0 Å². The zero-order valence-electron chi connectivity index (χ0n) is 15.7. The number of hydrogen-bond acceptors (Lipinski definition) is 16. The third-order valence-electron chi connectivity index (χ3n) is 3.80. The first-order valence-electron chi connectivity index (χ1n) is 8.14. The number of rotatable bonds is 9. The first-order chi connectivity index (χ1) is 14.8. The van der Waals surface area contributed by atoms with Crippen LogP contribution in [0.5, 0.6) is 0 Å². The van der Waals surface area contributed by atoms with Gasteiger partial charge in [-0.2, -0.15) is 0 Å². The number of nitrogens with zero attached hydrogens (tertiary/aromatic N) is 4. The number of nitrogens with two attached hydrogens (primary N) is 1. The van der Waals surface area contributed by atoms with E-state index in [0.29, 0.717) is 0 Å². The maximum absolute atomic E-state index is 11.7. The van der Waals surface area contributed by atoms with E-state index in [-0.39, 0.29) is 17.0 Å². The standard InChI is InChI=1S/C11H17N6O12P3/c1-13-30(20,21)28-32(24,25)29-31(22,23)26-2-5-7(18)8(19)11(27-5)17-4-16-6-9(12)14-3-15-10(6)17/h3-4,8,11,18-19H,2H2,1H3,(H,22,23)(H,24,25)(H2,12,14,15)(H2,13,20,21)/p-3/t8?,11-/m1/s1. The monoisotopic (exact) mass is 515 g/mol. The minimum absolute atomic E-state index is 0.0246. The Bertz CT molecular complexity index is 1200. The molecule has 0 spiro atoms. The molecule has 0 saturated carbocycles. The highest BCUT2D eigenvalue weighted by molar-refractivity contribution is 7.66. The summed E-state index contributed by atoms with van der Waals surface area (Å²) >= 11 is 0. The molecule has 0 amide bonds. The lowest BCUT2D eigenvalue weighted by molar-refractivity contribution is -0.245. The van der Waals surface area contributed by atoms with E-state index in [1.807, 2.05) is 0 Å². The summed E-state index contributed by atoms with van der Waals surface area (Å²) in [4.78, 5) is 45.9. The number of phosphoric acid groups is 2. The number of anilines is 1. The van der Waals surface area contributed by atoms with E-state index < -0.39 is 53.8 Å². The van der Waals surface area contributed by atoms with E-state index in [4.69, 9.17) is 10.5 Å². The van der Waals surface area contributed by atoms with Crippen LogP contribution in [0.15, 0.2) is 24.2 Å². The summed E-state index contributed by atoms with van der Waals surface area (Å²) in [6.07, 6.45) is -0.839. The van der Waals surface area contributed by atoms with Crippen LogP contribution in [0.1, 0.15) is 6.23 Å². The molecule has 0 radical (unpaired) electrons. The second-order valence-corrected chi connectivity index (χ2v) is 10.7. The number of aromatic nitrogens is 4. The quantitative estimate of drug-likeness (QED) is 0.256. The number of aliphatic hydroxyl groups is 2. The molecule has 2 aromatic rings. The highest BCUT2D eigenvalue weighted by Gasteiger charge is 2.39. The highest BCUT2D eigenvalue weighted by atomic mass is 31.3. The predicted octanol–water partition coefficient (Wildman–Crippen LogP) is -2.26. The van der Waals surface area contributed by atoms with E-state index in [1.165, 1.54) is 5.09 Å². The van der Waals surface area contributed by atoms with Crippen LogP contribution in [0.4, 0.5) is 5.82 Å². The first kappa shape index (κ1) is 24.7. The number of ether oxygens (including phenoxy) is 1. The number of nitrogens with one attached hydrogen (secondary N) is 1. The van der Waals surface area contributed by atoms with Crippen molar-refractivity contribution in [1.82, 2.24) is 24.6 Å². The van der Waals surface area contributed by atoms with Gasteiger partial charge >= 0.3 is 0 Å². The van der Waals surface area contributed by atoms with Crippen LogP contribution in [0.3, 0.4) is 0 Å². The summed E-state index contributed by atoms with van der Waals surface area (Å²) in [5.74, 6) is -1.44. The molecule has 1 aliphatic heterocycles. The van der Waals surface area contributed by atoms with Gasteiger partial charge in [0.05, 0.1) is 0 Å². The van der Waals surface area contributed by atoms with Gasteiger partial charge in [-0.05, 0) is 7.05 Å². The summed E-state index contributed by atoms with van der Waals surface area (Å²) in [7, 11) is -16.0. The lowest BCUT2D eigenvalue weighted by atomic mass is 10.2. The van der Waals surface area contributed by atoms with Gasteiger partial charge < -0.3 is 39.9 Å². The second kappa shape index (κ2) is 8.78. The molecule has 0 bridgehead atoms. The zero-order chi connectivity index (χ0) is 23.9. The van der Waals surface area contributed by atoms with Crippen molar-refractivity contribution >= 4 is 40.4 Å². The van der Waals surface area contributed by atoms with Gasteiger partial charge in [-0.3, -0.25) is 27.7 Å². The van der Waals surface area contributed by atoms with Crippen molar-refractivity contribution in [2.45, 2.75) is 12.3 Å². The number of imidazole rings is 1. The van der Waals surface area contributed by atoms with Crippen LogP contribution < -0.4 is 25.5 Å². The molecular weight excluding hydrogens is 501 g/mol. The van der Waals surface area contributed by atoms with Crippen LogP contribution in [0.2, 0.25) is 0 Å². The molecule has 3 heterocycles. The highest BCUT2D eigenvalue weighted by Crippen LogP contribution is 2.61. The number of nitrogen functional groups attached to an aromatic ring is 1. The third-order valence-corrected chi connectivity index (χ3v) is 8.05. The van der Waals surface area contributed by atoms with Gasteiger partial charge in [0, 0.05) is 0 Å². The predicted molar refractivity (Wildman–Crippen MR) is 95.5 cm³/mol. The van der Waals surface area contributed by atoms with Gasteiger partial charge in [-0.1, -0.05) is 0 Å². The Balaban J connectivity index is 1.70. The van der Waals surface area contributed by atoms with Crippen LogP contribution in [-0.4, -0.2) is 49.5 Å². The van der Waals surface area contributed by atoms with Crippen LogP contribution in [0.25, 0.3) is 11.2 Å². The molecule has 4 unspecified atom stereocenters. The van der Waals surface area contributed by atoms with E-state index in [1.54, 1.807) is 0 Å². The molecule has 0 saturated heterocycles. The fourth-order valence-corrected chi connectivity index (χ4v) is 5.63. The lowest BCUT2D eigenvalue weighted by Gasteiger charge is -2.34. The van der Waals surface area contributed by atoms with Crippen molar-refractivity contribution in [2.24, 2.45) is 0 Å². The molecular formula is C11H14N6O12P3-3. The molecule has 3 rings (SSSR count). The van der Waals surface area contributed by atoms with Crippen molar-refractivity contribution in [3.8, 4) is 0 Å². The Hall–Kier alpha value is -1.94. The zero-order valence-corrected chi connectivity index (χ0v) is 18.4. The molecule has 5 N–H and O–H groups in total. The van der Waals surface area contributed by atoms with Crippen molar-refractivity contribution in [2.75, 3.05) is 19.4 Å². The number of hydrogen-bond donors (Lipinski definition) is 4. The molecule has 2 aromatic heterocycles. The summed E-state index contributed by atoms with van der Waals surface area (Å²) in [6.45, 7) is -1.13. The molecule has 21 heteroatoms. The molecule has 0 aromatic carbocycles. The van der Waals surface area contributed by atoms with Gasteiger partial charge in [0.15, 0.2) is 29.1 Å². The third kappa shape index (κ3) is 5.33. The molecule has 0 aliphatic carbocycles. The topological polar surface area (TPSA) is 279 Å². The molecule has 1 aliphatic rings. The molecule has 5 atom stereocenters. The normalized spacial score (nSPS) is 24.7. The van der Waals surface area contributed by atoms with E-state index in [2.05, 4.69) is 28.1 Å². The second-order valence-electron chi connectivity index (χ2n) is 5.90. The summed E-state index contributed by atoms with van der Waals surface area (Å²) in [6, 6.07) is 0. The Morgan fingerprint density at radius 2 is 1.91 bits per heavy atom. The van der Waals surface area contributed by atoms with Gasteiger partial charge in [0.2, 0.25) is 14.0 Å². The average Bonchev–Trinajstić information content (AvgIpc) is 3.21. The Morgan fingerprint density at radius 1 is 1.22 bits per heavy atom. The van der Waals surface area contributed by atoms with E-state index in [9.17, 15) is 38.6 Å². The van der Waals surface area contributed by atoms with Gasteiger partial charge in [-0.25, -0.2) is 19.3 Å². The van der Waals surface area contributed by atoms with E-state index >= 15 is 0 Å². The SMILES string of the molecule is CNP(=O)([O-])OP(=O)([O-])OP(=O)([O-])OCC1=C(O)C(O)[C@H](n2cnc3c(N)ncnc32)O1. The molecule has 0 fully saturated rings. The Labute approximate surface area is 178 Å². The minimum atomic E-state index is -5.92. The largest absolute Gasteiger partial charge is 0.766 e. The van der Waals surface area contributed by atoms with Crippen molar-refractivity contribution in [3.63, 3.8) is 0 Å². The van der Waals surface area contributed by atoms with E-state index in [0.717, 1.165) is 24.3 Å². The lowest BCUT2D eigenvalue weighted by Crippen LogP contribution is -2.22. The Kier molecular flexibility index (Phi) is 6.77. The average molecular weight is 515 g/mol. The van der Waals surface area contributed by atoms with Gasteiger partial charge in [-0.15, -0.1) is 0 Å². The molecule has 18 nitrogen and oxygen atoms in total. The maximum atomic E-state index is 11.7. The Morgan fingerprint density at radius 3 is 2.56 bits per heavy atom. The van der Waals surface area contributed by atoms with Gasteiger partial charge in [0.1, 0.15) is 24.8 Å². The molecule has 32 heavy (non-hydrogen) atoms. The number of phosphoric ester groups is 1. The summed E-state index contributed by atoms with van der Waals surface area (Å²) in [5.41, 5.74) is 5.94. The first-order valence-corrected chi connectivity index (χ1v) is 12.6. The fourth-order valence-electron chi connectivity index (χ4n) is 2.41. The van der Waals surface area contributed by atoms with Crippen molar-refractivity contribution < 1.29 is 56.5 Å². The molecule has 178 valence electrons. The smallest absolute Gasteiger partial charge is 0.280 e. The van der Waals surface area contributed by atoms with Crippen LogP contribution in [-0.2, 0) is 31.6 Å². The van der Waals surface area contributed by atoms with Gasteiger partial charge in [0.25, 0.3) is 15.6 Å². The summed E-state index contributed by atoms with van der Waals surface area (Å²) in [5, 5.41) is 21.7. The fraction of sp³-hybridized carbons (Fsp3) is 0.364. The maximum Gasteiger partial charge on any atom is 0.280 e. The number of aliphatic hydroxyl groups excluding tert-OH is 2.